The molecule has 9 nitrogen and oxygen atoms in total. The zero-order valence-corrected chi connectivity index (χ0v) is 14.2. The summed E-state index contributed by atoms with van der Waals surface area (Å²) in [5.74, 6) is -0.910. The van der Waals surface area contributed by atoms with Gasteiger partial charge in [-0.05, 0) is 24.6 Å². The number of likely N-dealkylation sites (N-methyl/N-ethyl adjacent to an activating group) is 1. The number of hydrogen-bond donors (Lipinski definition) is 3. The molecule has 0 bridgehead atoms. The van der Waals surface area contributed by atoms with Crippen molar-refractivity contribution >= 4 is 23.8 Å². The standard InChI is InChI=1S/C16H20N4O5/c1-16(10-4-6-11(25-3)7-5-10)14(23)20(15(24)19-16)9-13(22)18-8-12(21)17-2/h4-7H,8-9H2,1-3H3,(H,17,21)(H,18,22)(H,19,24)/t16-/m1/s1. The van der Waals surface area contributed by atoms with Crippen LogP contribution in [-0.2, 0) is 19.9 Å². The number of hydrogen-bond acceptors (Lipinski definition) is 5. The van der Waals surface area contributed by atoms with Gasteiger partial charge in [0.1, 0.15) is 17.8 Å². The highest BCUT2D eigenvalue weighted by Gasteiger charge is 2.49. The average molecular weight is 348 g/mol. The lowest BCUT2D eigenvalue weighted by Crippen LogP contribution is -2.44. The van der Waals surface area contributed by atoms with Crippen molar-refractivity contribution in [1.82, 2.24) is 20.9 Å². The summed E-state index contributed by atoms with van der Waals surface area (Å²) >= 11 is 0. The lowest BCUT2D eigenvalue weighted by atomic mass is 9.92. The van der Waals surface area contributed by atoms with Gasteiger partial charge < -0.3 is 20.7 Å². The molecule has 25 heavy (non-hydrogen) atoms. The van der Waals surface area contributed by atoms with Gasteiger partial charge in [-0.2, -0.15) is 0 Å². The van der Waals surface area contributed by atoms with Gasteiger partial charge in [0.05, 0.1) is 13.7 Å². The van der Waals surface area contributed by atoms with Gasteiger partial charge in [0.2, 0.25) is 11.8 Å². The minimum Gasteiger partial charge on any atom is -0.497 e. The molecule has 134 valence electrons. The van der Waals surface area contributed by atoms with Crippen LogP contribution in [0, 0.1) is 0 Å². The van der Waals surface area contributed by atoms with Gasteiger partial charge in [0.15, 0.2) is 0 Å². The van der Waals surface area contributed by atoms with Crippen molar-refractivity contribution in [2.45, 2.75) is 12.5 Å². The maximum Gasteiger partial charge on any atom is 0.325 e. The molecule has 0 radical (unpaired) electrons. The number of nitrogens with one attached hydrogen (secondary N) is 3. The molecule has 0 spiro atoms. The van der Waals surface area contributed by atoms with Crippen LogP contribution in [0.3, 0.4) is 0 Å². The Kier molecular flexibility index (Phi) is 5.26. The van der Waals surface area contributed by atoms with Gasteiger partial charge in [-0.3, -0.25) is 19.3 Å². The predicted octanol–water partition coefficient (Wildman–Crippen LogP) is -0.676. The second kappa shape index (κ2) is 7.20. The fraction of sp³-hybridized carbons (Fsp3) is 0.375. The van der Waals surface area contributed by atoms with E-state index >= 15 is 0 Å². The molecule has 0 aliphatic carbocycles. The first-order valence-electron chi connectivity index (χ1n) is 7.57. The van der Waals surface area contributed by atoms with E-state index in [1.165, 1.54) is 14.2 Å². The molecule has 1 aromatic carbocycles. The van der Waals surface area contributed by atoms with Crippen molar-refractivity contribution in [3.05, 3.63) is 29.8 Å². The molecule has 2 rings (SSSR count). The number of carbonyl (C=O) groups is 4. The molecule has 1 heterocycles. The molecular formula is C16H20N4O5. The maximum atomic E-state index is 12.7. The summed E-state index contributed by atoms with van der Waals surface area (Å²) in [6.07, 6.45) is 0. The number of ether oxygens (including phenoxy) is 1. The van der Waals surface area contributed by atoms with Crippen LogP contribution in [0.5, 0.6) is 5.75 Å². The third-order valence-electron chi connectivity index (χ3n) is 3.97. The van der Waals surface area contributed by atoms with Crippen LogP contribution in [0.15, 0.2) is 24.3 Å². The molecular weight excluding hydrogens is 328 g/mol. The molecule has 1 saturated heterocycles. The highest BCUT2D eigenvalue weighted by Crippen LogP contribution is 2.29. The van der Waals surface area contributed by atoms with E-state index in [-0.39, 0.29) is 12.5 Å². The number of nitrogens with zero attached hydrogens (tertiary/aromatic N) is 1. The van der Waals surface area contributed by atoms with Crippen LogP contribution in [0.1, 0.15) is 12.5 Å². The van der Waals surface area contributed by atoms with Crippen LogP contribution in [0.25, 0.3) is 0 Å². The van der Waals surface area contributed by atoms with Crippen molar-refractivity contribution in [2.24, 2.45) is 0 Å². The Bertz CT molecular complexity index is 703. The number of amides is 5. The van der Waals surface area contributed by atoms with Crippen LogP contribution >= 0.6 is 0 Å². The van der Waals surface area contributed by atoms with Crippen LogP contribution in [0.2, 0.25) is 0 Å². The fourth-order valence-electron chi connectivity index (χ4n) is 2.43. The summed E-state index contributed by atoms with van der Waals surface area (Å²) in [5.41, 5.74) is -0.704. The van der Waals surface area contributed by atoms with Crippen molar-refractivity contribution in [3.63, 3.8) is 0 Å². The van der Waals surface area contributed by atoms with Gasteiger partial charge in [-0.1, -0.05) is 12.1 Å². The van der Waals surface area contributed by atoms with E-state index < -0.39 is 29.9 Å². The molecule has 3 N–H and O–H groups in total. The van der Waals surface area contributed by atoms with Gasteiger partial charge >= 0.3 is 6.03 Å². The summed E-state index contributed by atoms with van der Waals surface area (Å²) in [7, 11) is 2.96. The number of carbonyl (C=O) groups excluding carboxylic acids is 4. The Balaban J connectivity index is 2.10. The smallest absolute Gasteiger partial charge is 0.325 e. The molecule has 5 amide bonds. The minimum atomic E-state index is -1.27. The number of imide groups is 1. The van der Waals surface area contributed by atoms with Crippen LogP contribution in [-0.4, -0.2) is 55.9 Å². The summed E-state index contributed by atoms with van der Waals surface area (Å²) in [4.78, 5) is 48.6. The first-order valence-corrected chi connectivity index (χ1v) is 7.57. The number of methoxy groups -OCH3 is 1. The molecule has 9 heteroatoms. The lowest BCUT2D eigenvalue weighted by molar-refractivity contribution is -0.135. The van der Waals surface area contributed by atoms with Crippen LogP contribution in [0.4, 0.5) is 4.79 Å². The van der Waals surface area contributed by atoms with Crippen molar-refractivity contribution in [2.75, 3.05) is 27.2 Å². The van der Waals surface area contributed by atoms with E-state index in [0.717, 1.165) is 4.90 Å². The van der Waals surface area contributed by atoms with E-state index in [9.17, 15) is 19.2 Å². The molecule has 0 aromatic heterocycles. The summed E-state index contributed by atoms with van der Waals surface area (Å²) in [5, 5.41) is 7.30. The molecule has 1 aliphatic rings. The predicted molar refractivity (Wildman–Crippen MR) is 87.7 cm³/mol. The molecule has 0 unspecified atom stereocenters. The van der Waals surface area contributed by atoms with Crippen LogP contribution < -0.4 is 20.7 Å². The molecule has 0 saturated carbocycles. The third kappa shape index (κ3) is 3.70. The van der Waals surface area contributed by atoms with E-state index in [2.05, 4.69) is 16.0 Å². The van der Waals surface area contributed by atoms with Gasteiger partial charge in [0, 0.05) is 7.05 Å². The third-order valence-corrected chi connectivity index (χ3v) is 3.97. The molecule has 1 aromatic rings. The Labute approximate surface area is 144 Å². The van der Waals surface area contributed by atoms with E-state index in [1.54, 1.807) is 31.2 Å². The quantitative estimate of drug-likeness (QED) is 0.589. The highest BCUT2D eigenvalue weighted by atomic mass is 16.5. The van der Waals surface area contributed by atoms with Crippen molar-refractivity contribution in [1.29, 1.82) is 0 Å². The Morgan fingerprint density at radius 3 is 2.40 bits per heavy atom. The molecule has 1 aliphatic heterocycles. The maximum absolute atomic E-state index is 12.7. The number of rotatable bonds is 6. The Morgan fingerprint density at radius 2 is 1.84 bits per heavy atom. The average Bonchev–Trinajstić information content (AvgIpc) is 2.83. The first kappa shape index (κ1) is 18.2. The highest BCUT2D eigenvalue weighted by molar-refractivity contribution is 6.09. The summed E-state index contributed by atoms with van der Waals surface area (Å²) < 4.78 is 5.07. The SMILES string of the molecule is CNC(=O)CNC(=O)CN1C(=O)N[C@](C)(c2ccc(OC)cc2)C1=O. The number of urea groups is 1. The van der Waals surface area contributed by atoms with E-state index in [4.69, 9.17) is 4.74 Å². The second-order valence-corrected chi connectivity index (χ2v) is 5.62. The monoisotopic (exact) mass is 348 g/mol. The Hall–Kier alpha value is -3.10. The Morgan fingerprint density at radius 1 is 1.20 bits per heavy atom. The zero-order chi connectivity index (χ0) is 18.6. The minimum absolute atomic E-state index is 0.227. The fourth-order valence-corrected chi connectivity index (χ4v) is 2.43. The number of benzene rings is 1. The molecule has 1 fully saturated rings. The lowest BCUT2D eigenvalue weighted by Gasteiger charge is -2.22. The van der Waals surface area contributed by atoms with Crippen molar-refractivity contribution in [3.8, 4) is 5.75 Å². The first-order chi connectivity index (χ1) is 11.8. The topological polar surface area (TPSA) is 117 Å². The molecule has 1 atom stereocenters. The zero-order valence-electron chi connectivity index (χ0n) is 14.2. The summed E-state index contributed by atoms with van der Waals surface area (Å²) in [6, 6.07) is 6.04. The second-order valence-electron chi connectivity index (χ2n) is 5.62. The van der Waals surface area contributed by atoms with Gasteiger partial charge in [-0.25, -0.2) is 4.79 Å². The van der Waals surface area contributed by atoms with Gasteiger partial charge in [-0.15, -0.1) is 0 Å². The van der Waals surface area contributed by atoms with E-state index in [0.29, 0.717) is 11.3 Å². The summed E-state index contributed by atoms with van der Waals surface area (Å²) in [6.45, 7) is 0.875. The van der Waals surface area contributed by atoms with Gasteiger partial charge in [0.25, 0.3) is 5.91 Å². The van der Waals surface area contributed by atoms with E-state index in [1.807, 2.05) is 0 Å². The largest absolute Gasteiger partial charge is 0.497 e. The normalized spacial score (nSPS) is 19.4. The van der Waals surface area contributed by atoms with Crippen molar-refractivity contribution < 1.29 is 23.9 Å².